The van der Waals surface area contributed by atoms with Gasteiger partial charge in [-0.25, -0.2) is 14.2 Å². The van der Waals surface area contributed by atoms with Crippen LogP contribution in [0.25, 0.3) is 12.2 Å². The minimum Gasteiger partial charge on any atom is -0.496 e. The van der Waals surface area contributed by atoms with Crippen molar-refractivity contribution in [2.45, 2.75) is 0 Å². The third-order valence-electron chi connectivity index (χ3n) is 3.46. The molecule has 0 aliphatic carbocycles. The van der Waals surface area contributed by atoms with Crippen molar-refractivity contribution in [1.29, 1.82) is 0 Å². The molecule has 0 spiro atoms. The zero-order chi connectivity index (χ0) is 17.8. The molecule has 25 heavy (non-hydrogen) atoms. The lowest BCUT2D eigenvalue weighted by Crippen LogP contribution is -2.01. The maximum atomic E-state index is 13.8. The van der Waals surface area contributed by atoms with Gasteiger partial charge in [0.15, 0.2) is 5.70 Å². The van der Waals surface area contributed by atoms with Crippen LogP contribution in [-0.2, 0) is 9.53 Å². The molecule has 4 nitrogen and oxygen atoms in total. The second kappa shape index (κ2) is 7.32. The molecule has 6 heteroatoms. The van der Waals surface area contributed by atoms with Gasteiger partial charge in [0.05, 0.1) is 12.1 Å². The molecule has 0 atom stereocenters. The third kappa shape index (κ3) is 3.78. The van der Waals surface area contributed by atoms with Crippen molar-refractivity contribution in [2.24, 2.45) is 4.99 Å². The topological polar surface area (TPSA) is 47.9 Å². The Balaban J connectivity index is 1.88. The van der Waals surface area contributed by atoms with Gasteiger partial charge in [0.2, 0.25) is 5.90 Å². The van der Waals surface area contributed by atoms with Crippen LogP contribution in [0.1, 0.15) is 11.1 Å². The summed E-state index contributed by atoms with van der Waals surface area (Å²) in [5.41, 5.74) is 0.875. The SMILES string of the molecule is COc1ccccc1/C=C/C1=NC(=Cc2c(F)cccc2Cl)C(=O)O1. The second-order valence-electron chi connectivity index (χ2n) is 5.08. The maximum absolute atomic E-state index is 13.8. The van der Waals surface area contributed by atoms with Gasteiger partial charge in [-0.2, -0.15) is 0 Å². The number of aliphatic imine (C=N–C) groups is 1. The molecule has 3 rings (SSSR count). The highest BCUT2D eigenvalue weighted by molar-refractivity contribution is 6.32. The smallest absolute Gasteiger partial charge is 0.363 e. The number of cyclic esters (lactones) is 1. The lowest BCUT2D eigenvalue weighted by Gasteiger charge is -2.02. The first-order valence-electron chi connectivity index (χ1n) is 7.36. The summed E-state index contributed by atoms with van der Waals surface area (Å²) in [6.07, 6.45) is 4.52. The van der Waals surface area contributed by atoms with E-state index in [0.29, 0.717) is 5.75 Å². The molecule has 1 aliphatic rings. The molecule has 0 saturated carbocycles. The van der Waals surface area contributed by atoms with Crippen LogP contribution in [0.3, 0.4) is 0 Å². The normalized spacial score (nSPS) is 15.6. The molecule has 1 heterocycles. The van der Waals surface area contributed by atoms with Gasteiger partial charge in [0, 0.05) is 17.2 Å². The van der Waals surface area contributed by atoms with Crippen molar-refractivity contribution >= 4 is 35.6 Å². The number of halogens is 2. The number of rotatable bonds is 4. The Hall–Kier alpha value is -2.92. The first-order chi connectivity index (χ1) is 12.1. The van der Waals surface area contributed by atoms with Crippen LogP contribution in [0.2, 0.25) is 5.02 Å². The molecule has 0 saturated heterocycles. The number of esters is 1. The Morgan fingerprint density at radius 3 is 2.72 bits per heavy atom. The van der Waals surface area contributed by atoms with Gasteiger partial charge in [0.1, 0.15) is 11.6 Å². The van der Waals surface area contributed by atoms with Crippen LogP contribution < -0.4 is 4.74 Å². The summed E-state index contributed by atoms with van der Waals surface area (Å²) in [6, 6.07) is 11.6. The Morgan fingerprint density at radius 2 is 1.96 bits per heavy atom. The van der Waals surface area contributed by atoms with E-state index >= 15 is 0 Å². The van der Waals surface area contributed by atoms with Gasteiger partial charge in [-0.15, -0.1) is 0 Å². The lowest BCUT2D eigenvalue weighted by molar-refractivity contribution is -0.129. The summed E-state index contributed by atoms with van der Waals surface area (Å²) in [7, 11) is 1.57. The van der Waals surface area contributed by atoms with E-state index in [9.17, 15) is 9.18 Å². The fraction of sp³-hybridized carbons (Fsp3) is 0.0526. The Kier molecular flexibility index (Phi) is 4.95. The lowest BCUT2D eigenvalue weighted by atomic mass is 10.2. The van der Waals surface area contributed by atoms with E-state index in [1.807, 2.05) is 24.3 Å². The fourth-order valence-electron chi connectivity index (χ4n) is 2.25. The van der Waals surface area contributed by atoms with Crippen molar-refractivity contribution in [3.05, 3.63) is 76.2 Å². The summed E-state index contributed by atoms with van der Waals surface area (Å²) < 4.78 is 24.1. The Bertz CT molecular complexity index is 898. The number of hydrogen-bond donors (Lipinski definition) is 0. The monoisotopic (exact) mass is 357 g/mol. The van der Waals surface area contributed by atoms with Crippen molar-refractivity contribution in [3.8, 4) is 5.75 Å². The number of carbonyl (C=O) groups excluding carboxylic acids is 1. The summed E-state index contributed by atoms with van der Waals surface area (Å²) in [6.45, 7) is 0. The van der Waals surface area contributed by atoms with Crippen LogP contribution in [-0.4, -0.2) is 19.0 Å². The third-order valence-corrected chi connectivity index (χ3v) is 3.79. The average molecular weight is 358 g/mol. The number of carbonyl (C=O) groups is 1. The Labute approximate surface area is 148 Å². The van der Waals surface area contributed by atoms with Crippen LogP contribution in [0.5, 0.6) is 5.75 Å². The average Bonchev–Trinajstić information content (AvgIpc) is 2.96. The predicted octanol–water partition coefficient (Wildman–Crippen LogP) is 4.50. The summed E-state index contributed by atoms with van der Waals surface area (Å²) >= 11 is 5.95. The summed E-state index contributed by atoms with van der Waals surface area (Å²) in [5, 5.41) is 0.188. The molecule has 0 aromatic heterocycles. The zero-order valence-electron chi connectivity index (χ0n) is 13.2. The van der Waals surface area contributed by atoms with E-state index in [-0.39, 0.29) is 22.2 Å². The number of methoxy groups -OCH3 is 1. The van der Waals surface area contributed by atoms with E-state index in [0.717, 1.165) is 5.56 Å². The van der Waals surface area contributed by atoms with Gasteiger partial charge in [-0.1, -0.05) is 35.9 Å². The molecule has 126 valence electrons. The van der Waals surface area contributed by atoms with E-state index in [2.05, 4.69) is 4.99 Å². The number of benzene rings is 2. The van der Waals surface area contributed by atoms with Crippen molar-refractivity contribution in [1.82, 2.24) is 0 Å². The van der Waals surface area contributed by atoms with Crippen molar-refractivity contribution < 1.29 is 18.7 Å². The quantitative estimate of drug-likeness (QED) is 0.598. The first kappa shape index (κ1) is 16.9. The second-order valence-corrected chi connectivity index (χ2v) is 5.49. The Morgan fingerprint density at radius 1 is 1.16 bits per heavy atom. The van der Waals surface area contributed by atoms with Crippen molar-refractivity contribution in [2.75, 3.05) is 7.11 Å². The number of hydrogen-bond acceptors (Lipinski definition) is 4. The molecule has 0 radical (unpaired) electrons. The molecular weight excluding hydrogens is 345 g/mol. The molecule has 0 bridgehead atoms. The maximum Gasteiger partial charge on any atom is 0.363 e. The minimum atomic E-state index is -0.668. The molecule has 0 amide bonds. The first-order valence-corrected chi connectivity index (χ1v) is 7.74. The fourth-order valence-corrected chi connectivity index (χ4v) is 2.46. The van der Waals surface area contributed by atoms with Gasteiger partial charge < -0.3 is 9.47 Å². The van der Waals surface area contributed by atoms with Crippen LogP contribution in [0.15, 0.2) is 59.2 Å². The molecule has 1 aliphatic heterocycles. The van der Waals surface area contributed by atoms with Gasteiger partial charge in [-0.05, 0) is 30.4 Å². The molecule has 2 aromatic carbocycles. The van der Waals surface area contributed by atoms with Crippen LogP contribution in [0, 0.1) is 5.82 Å². The standard InChI is InChI=1S/C19H13ClFNO3/c1-24-17-8-3-2-5-12(17)9-10-18-22-16(19(23)25-18)11-13-14(20)6-4-7-15(13)21/h2-11H,1H3/b10-9+,16-11?. The van der Waals surface area contributed by atoms with Gasteiger partial charge in [0.25, 0.3) is 0 Å². The van der Waals surface area contributed by atoms with E-state index in [1.165, 1.54) is 24.3 Å². The number of nitrogens with zero attached hydrogens (tertiary/aromatic N) is 1. The van der Waals surface area contributed by atoms with Crippen LogP contribution >= 0.6 is 11.6 Å². The van der Waals surface area contributed by atoms with E-state index < -0.39 is 11.8 Å². The van der Waals surface area contributed by atoms with E-state index in [1.54, 1.807) is 19.3 Å². The largest absolute Gasteiger partial charge is 0.496 e. The van der Waals surface area contributed by atoms with Crippen LogP contribution in [0.4, 0.5) is 4.39 Å². The molecular formula is C19H13ClFNO3. The minimum absolute atomic E-state index is 0.0216. The van der Waals surface area contributed by atoms with Crippen molar-refractivity contribution in [3.63, 3.8) is 0 Å². The highest BCUT2D eigenvalue weighted by Gasteiger charge is 2.22. The summed E-state index contributed by atoms with van der Waals surface area (Å²) in [5.74, 6) is -0.424. The summed E-state index contributed by atoms with van der Waals surface area (Å²) in [4.78, 5) is 16.0. The number of ether oxygens (including phenoxy) is 2. The zero-order valence-corrected chi connectivity index (χ0v) is 14.0. The molecule has 0 N–H and O–H groups in total. The molecule has 2 aromatic rings. The molecule has 0 unspecified atom stereocenters. The van der Waals surface area contributed by atoms with E-state index in [4.69, 9.17) is 21.1 Å². The predicted molar refractivity (Wildman–Crippen MR) is 94.9 cm³/mol. The molecule has 0 fully saturated rings. The van der Waals surface area contributed by atoms with Gasteiger partial charge in [-0.3, -0.25) is 0 Å². The van der Waals surface area contributed by atoms with Gasteiger partial charge >= 0.3 is 5.97 Å². The number of para-hydroxylation sites is 1. The highest BCUT2D eigenvalue weighted by Crippen LogP contribution is 2.25. The highest BCUT2D eigenvalue weighted by atomic mass is 35.5.